The Hall–Kier alpha value is -2.11. The summed E-state index contributed by atoms with van der Waals surface area (Å²) in [7, 11) is 0. The van der Waals surface area contributed by atoms with Crippen LogP contribution in [-0.4, -0.2) is 17.0 Å². The average Bonchev–Trinajstić information content (AvgIpc) is 2.46. The number of anilines is 1. The topological polar surface area (TPSA) is 87.7 Å². The lowest BCUT2D eigenvalue weighted by atomic mass is 10.1. The van der Waals surface area contributed by atoms with Crippen molar-refractivity contribution in [2.75, 3.05) is 5.32 Å². The largest absolute Gasteiger partial charge is 0.409 e. The van der Waals surface area contributed by atoms with Crippen LogP contribution < -0.4 is 11.1 Å². The van der Waals surface area contributed by atoms with Gasteiger partial charge in [0.05, 0.1) is 11.3 Å². The van der Waals surface area contributed by atoms with Gasteiger partial charge in [0.1, 0.15) is 5.82 Å². The molecule has 0 aromatic heterocycles. The van der Waals surface area contributed by atoms with E-state index in [1.54, 1.807) is 0 Å². The normalized spacial score (nSPS) is 11.4. The van der Waals surface area contributed by atoms with Crippen LogP contribution in [0.3, 0.4) is 0 Å². The summed E-state index contributed by atoms with van der Waals surface area (Å²) >= 11 is 0. The third-order valence-corrected chi connectivity index (χ3v) is 3.16. The van der Waals surface area contributed by atoms with Gasteiger partial charge < -0.3 is 16.3 Å². The zero-order valence-electron chi connectivity index (χ0n) is 12.2. The van der Waals surface area contributed by atoms with E-state index in [4.69, 9.17) is 10.9 Å². The molecule has 6 heteroatoms. The molecule has 0 saturated heterocycles. The molecule has 116 valence electrons. The minimum absolute atomic E-state index is 0.0978. The van der Waals surface area contributed by atoms with Gasteiger partial charge in [-0.05, 0) is 18.6 Å². The maximum atomic E-state index is 13.7. The molecule has 1 aromatic carbocycles. The van der Waals surface area contributed by atoms with Gasteiger partial charge >= 0.3 is 0 Å². The number of rotatable bonds is 8. The Morgan fingerprint density at radius 1 is 1.33 bits per heavy atom. The number of hydrogen-bond acceptors (Lipinski definition) is 3. The number of carbonyl (C=O) groups is 1. The first-order valence-electron chi connectivity index (χ1n) is 7.16. The molecular formula is C15H22FN3O2. The molecule has 0 aliphatic carbocycles. The molecule has 0 aliphatic rings. The van der Waals surface area contributed by atoms with E-state index in [9.17, 15) is 9.18 Å². The molecule has 0 spiro atoms. The van der Waals surface area contributed by atoms with Crippen molar-refractivity contribution in [3.05, 3.63) is 29.6 Å². The summed E-state index contributed by atoms with van der Waals surface area (Å²) in [4.78, 5) is 11.8. The third kappa shape index (κ3) is 5.41. The van der Waals surface area contributed by atoms with Crippen molar-refractivity contribution >= 4 is 17.4 Å². The van der Waals surface area contributed by atoms with Gasteiger partial charge in [0.2, 0.25) is 5.91 Å². The van der Waals surface area contributed by atoms with E-state index in [0.717, 1.165) is 25.7 Å². The van der Waals surface area contributed by atoms with Crippen molar-refractivity contribution in [2.24, 2.45) is 10.9 Å². The Labute approximate surface area is 124 Å². The van der Waals surface area contributed by atoms with Crippen LogP contribution in [0.25, 0.3) is 0 Å². The number of nitrogens with two attached hydrogens (primary N) is 1. The Morgan fingerprint density at radius 3 is 2.71 bits per heavy atom. The number of amides is 1. The van der Waals surface area contributed by atoms with Gasteiger partial charge in [-0.25, -0.2) is 4.39 Å². The van der Waals surface area contributed by atoms with E-state index in [1.165, 1.54) is 24.6 Å². The van der Waals surface area contributed by atoms with E-state index < -0.39 is 5.82 Å². The highest BCUT2D eigenvalue weighted by molar-refractivity contribution is 6.05. The van der Waals surface area contributed by atoms with Crippen molar-refractivity contribution in [3.63, 3.8) is 0 Å². The number of oxime groups is 1. The highest BCUT2D eigenvalue weighted by Crippen LogP contribution is 2.19. The molecule has 21 heavy (non-hydrogen) atoms. The van der Waals surface area contributed by atoms with Crippen LogP contribution >= 0.6 is 0 Å². The first kappa shape index (κ1) is 16.9. The maximum Gasteiger partial charge on any atom is 0.224 e. The highest BCUT2D eigenvalue weighted by Gasteiger charge is 2.14. The van der Waals surface area contributed by atoms with Crippen molar-refractivity contribution < 1.29 is 14.4 Å². The third-order valence-electron chi connectivity index (χ3n) is 3.16. The van der Waals surface area contributed by atoms with Crippen molar-refractivity contribution in [2.45, 2.75) is 45.4 Å². The smallest absolute Gasteiger partial charge is 0.224 e. The molecule has 0 unspecified atom stereocenters. The Morgan fingerprint density at radius 2 is 2.05 bits per heavy atom. The molecule has 4 N–H and O–H groups in total. The second kappa shape index (κ2) is 8.94. The summed E-state index contributed by atoms with van der Waals surface area (Å²) in [6.07, 6.45) is 5.59. The van der Waals surface area contributed by atoms with Crippen molar-refractivity contribution in [1.82, 2.24) is 0 Å². The highest BCUT2D eigenvalue weighted by atomic mass is 19.1. The van der Waals surface area contributed by atoms with Crippen LogP contribution in [0, 0.1) is 5.82 Å². The molecule has 0 heterocycles. The fraction of sp³-hybridized carbons (Fsp3) is 0.467. The molecule has 0 saturated carbocycles. The predicted molar refractivity (Wildman–Crippen MR) is 80.9 cm³/mol. The van der Waals surface area contributed by atoms with Crippen LogP contribution in [0.1, 0.15) is 51.0 Å². The van der Waals surface area contributed by atoms with Gasteiger partial charge in [0, 0.05) is 6.42 Å². The zero-order chi connectivity index (χ0) is 15.7. The van der Waals surface area contributed by atoms with E-state index in [0.29, 0.717) is 6.42 Å². The summed E-state index contributed by atoms with van der Waals surface area (Å²) in [6.45, 7) is 2.13. The molecule has 5 nitrogen and oxygen atoms in total. The monoisotopic (exact) mass is 295 g/mol. The molecule has 0 aliphatic heterocycles. The molecule has 1 amide bonds. The molecule has 0 radical (unpaired) electrons. The Balaban J connectivity index is 2.62. The van der Waals surface area contributed by atoms with Crippen LogP contribution in [0.4, 0.5) is 10.1 Å². The lowest BCUT2D eigenvalue weighted by Crippen LogP contribution is -2.20. The van der Waals surface area contributed by atoms with Gasteiger partial charge in [0.25, 0.3) is 0 Å². The van der Waals surface area contributed by atoms with Gasteiger partial charge in [-0.1, -0.05) is 43.8 Å². The van der Waals surface area contributed by atoms with Gasteiger partial charge in [-0.15, -0.1) is 0 Å². The van der Waals surface area contributed by atoms with E-state index >= 15 is 0 Å². The molecule has 1 rings (SSSR count). The molecule has 1 aromatic rings. The lowest BCUT2D eigenvalue weighted by molar-refractivity contribution is -0.116. The minimum atomic E-state index is -0.647. The number of unbranched alkanes of at least 4 members (excludes halogenated alkanes) is 4. The molecule has 0 atom stereocenters. The number of amidine groups is 1. The lowest BCUT2D eigenvalue weighted by Gasteiger charge is -2.11. The fourth-order valence-corrected chi connectivity index (χ4v) is 2.04. The van der Waals surface area contributed by atoms with Crippen molar-refractivity contribution in [3.8, 4) is 0 Å². The van der Waals surface area contributed by atoms with Crippen LogP contribution in [0.15, 0.2) is 23.4 Å². The summed E-state index contributed by atoms with van der Waals surface area (Å²) in [5, 5.41) is 14.1. The first-order valence-corrected chi connectivity index (χ1v) is 7.16. The average molecular weight is 295 g/mol. The number of halogens is 1. The number of nitrogens with one attached hydrogen (secondary N) is 1. The van der Waals surface area contributed by atoms with Gasteiger partial charge in [-0.2, -0.15) is 0 Å². The second-order valence-corrected chi connectivity index (χ2v) is 4.86. The van der Waals surface area contributed by atoms with E-state index in [1.807, 2.05) is 0 Å². The van der Waals surface area contributed by atoms with Crippen molar-refractivity contribution in [1.29, 1.82) is 0 Å². The Bertz CT molecular complexity index is 504. The summed E-state index contributed by atoms with van der Waals surface area (Å²) in [5.41, 5.74) is 5.55. The maximum absolute atomic E-state index is 13.7. The number of hydrogen-bond donors (Lipinski definition) is 3. The number of nitrogens with zero attached hydrogens (tertiary/aromatic N) is 1. The zero-order valence-corrected chi connectivity index (χ0v) is 12.2. The Kier molecular flexibility index (Phi) is 7.21. The van der Waals surface area contributed by atoms with Crippen LogP contribution in [-0.2, 0) is 4.79 Å². The van der Waals surface area contributed by atoms with E-state index in [2.05, 4.69) is 17.4 Å². The first-order chi connectivity index (χ1) is 10.1. The minimum Gasteiger partial charge on any atom is -0.409 e. The quantitative estimate of drug-likeness (QED) is 0.226. The summed E-state index contributed by atoms with van der Waals surface area (Å²) in [5.74, 6) is -1.22. The molecule has 0 bridgehead atoms. The molecule has 0 fully saturated rings. The predicted octanol–water partition coefficient (Wildman–Crippen LogP) is 3.22. The van der Waals surface area contributed by atoms with Gasteiger partial charge in [-0.3, -0.25) is 4.79 Å². The van der Waals surface area contributed by atoms with E-state index in [-0.39, 0.29) is 23.0 Å². The summed E-state index contributed by atoms with van der Waals surface area (Å²) in [6, 6.07) is 4.17. The van der Waals surface area contributed by atoms with Crippen LogP contribution in [0.2, 0.25) is 0 Å². The SMILES string of the molecule is CCCCCCCC(=O)Nc1cccc(F)c1/C(N)=N/O. The number of carbonyl (C=O) groups excluding carboxylic acids is 1. The van der Waals surface area contributed by atoms with Gasteiger partial charge in [0.15, 0.2) is 5.84 Å². The second-order valence-electron chi connectivity index (χ2n) is 4.86. The fourth-order valence-electron chi connectivity index (χ4n) is 2.04. The standard InChI is InChI=1S/C15H22FN3O2/c1-2-3-4-5-6-10-13(20)18-12-9-7-8-11(16)14(12)15(17)19-21/h7-9,21H,2-6,10H2,1H3,(H2,17,19)(H,18,20). The number of benzene rings is 1. The molecular weight excluding hydrogens is 273 g/mol. The summed E-state index contributed by atoms with van der Waals surface area (Å²) < 4.78 is 13.7. The van der Waals surface area contributed by atoms with Crippen LogP contribution in [0.5, 0.6) is 0 Å².